The molecule has 1 aliphatic heterocycles. The van der Waals surface area contributed by atoms with Crippen molar-refractivity contribution in [2.24, 2.45) is 5.92 Å². The average molecular weight is 205 g/mol. The maximum Gasteiger partial charge on any atom is 0.167 e. The van der Waals surface area contributed by atoms with E-state index < -0.39 is 0 Å². The van der Waals surface area contributed by atoms with E-state index in [1.165, 1.54) is 0 Å². The molecule has 2 rings (SSSR count). The molecule has 1 aromatic carbocycles. The minimum Gasteiger partial charge on any atom is -0.497 e. The summed E-state index contributed by atoms with van der Waals surface area (Å²) in [6, 6.07) is 7.32. The molecule has 1 aromatic rings. The fourth-order valence-corrected chi connectivity index (χ4v) is 1.87. The molecule has 0 amide bonds. The Balaban J connectivity index is 2.11. The minimum absolute atomic E-state index is 0.151. The number of hydrogen-bond acceptors (Lipinski definition) is 3. The Kier molecular flexibility index (Phi) is 3.02. The Morgan fingerprint density at radius 1 is 1.40 bits per heavy atom. The van der Waals surface area contributed by atoms with Crippen LogP contribution in [0.15, 0.2) is 24.3 Å². The summed E-state index contributed by atoms with van der Waals surface area (Å²) < 4.78 is 5.05. The van der Waals surface area contributed by atoms with Gasteiger partial charge in [-0.25, -0.2) is 0 Å². The third-order valence-corrected chi connectivity index (χ3v) is 2.81. The van der Waals surface area contributed by atoms with Gasteiger partial charge in [0, 0.05) is 18.0 Å². The van der Waals surface area contributed by atoms with Crippen molar-refractivity contribution in [1.82, 2.24) is 5.32 Å². The molecular weight excluding hydrogens is 190 g/mol. The van der Waals surface area contributed by atoms with Crippen molar-refractivity contribution in [2.45, 2.75) is 6.42 Å². The summed E-state index contributed by atoms with van der Waals surface area (Å²) in [4.78, 5) is 12.0. The van der Waals surface area contributed by atoms with Crippen LogP contribution in [0.2, 0.25) is 0 Å². The highest BCUT2D eigenvalue weighted by atomic mass is 16.5. The van der Waals surface area contributed by atoms with Crippen LogP contribution in [0.5, 0.6) is 5.75 Å². The molecule has 1 aliphatic rings. The van der Waals surface area contributed by atoms with E-state index in [1.807, 2.05) is 24.3 Å². The van der Waals surface area contributed by atoms with E-state index in [9.17, 15) is 4.79 Å². The van der Waals surface area contributed by atoms with Gasteiger partial charge in [0.25, 0.3) is 0 Å². The number of benzene rings is 1. The summed E-state index contributed by atoms with van der Waals surface area (Å²) in [6.45, 7) is 1.76. The zero-order valence-corrected chi connectivity index (χ0v) is 8.82. The highest BCUT2D eigenvalue weighted by molar-refractivity contribution is 5.98. The Morgan fingerprint density at radius 3 is 2.67 bits per heavy atom. The maximum absolute atomic E-state index is 12.0. The van der Waals surface area contributed by atoms with Gasteiger partial charge in [-0.1, -0.05) is 0 Å². The molecule has 80 valence electrons. The van der Waals surface area contributed by atoms with Crippen molar-refractivity contribution >= 4 is 5.78 Å². The zero-order chi connectivity index (χ0) is 10.7. The SMILES string of the molecule is COc1ccc(C(=O)C2CCNC2)cc1. The number of ether oxygens (including phenoxy) is 1. The first-order valence-electron chi connectivity index (χ1n) is 5.20. The number of rotatable bonds is 3. The third kappa shape index (κ3) is 2.18. The second kappa shape index (κ2) is 4.45. The van der Waals surface area contributed by atoms with Crippen LogP contribution in [0.3, 0.4) is 0 Å². The first-order valence-corrected chi connectivity index (χ1v) is 5.20. The minimum atomic E-state index is 0.151. The molecule has 3 heteroatoms. The molecule has 0 radical (unpaired) electrons. The van der Waals surface area contributed by atoms with E-state index in [0.717, 1.165) is 30.8 Å². The molecule has 1 unspecified atom stereocenters. The molecule has 1 heterocycles. The van der Waals surface area contributed by atoms with Crippen LogP contribution in [0, 0.1) is 5.92 Å². The van der Waals surface area contributed by atoms with Gasteiger partial charge in [0.05, 0.1) is 7.11 Å². The van der Waals surface area contributed by atoms with Gasteiger partial charge in [0.1, 0.15) is 5.75 Å². The molecule has 0 saturated carbocycles. The number of carbonyl (C=O) groups is 1. The fraction of sp³-hybridized carbons (Fsp3) is 0.417. The molecule has 1 atom stereocenters. The largest absolute Gasteiger partial charge is 0.497 e. The van der Waals surface area contributed by atoms with Crippen LogP contribution in [0.25, 0.3) is 0 Å². The van der Waals surface area contributed by atoms with Gasteiger partial charge in [0.2, 0.25) is 0 Å². The van der Waals surface area contributed by atoms with Crippen LogP contribution < -0.4 is 10.1 Å². The van der Waals surface area contributed by atoms with Crippen LogP contribution in [0.1, 0.15) is 16.8 Å². The lowest BCUT2D eigenvalue weighted by molar-refractivity contribution is 0.0930. The Morgan fingerprint density at radius 2 is 2.13 bits per heavy atom. The highest BCUT2D eigenvalue weighted by Crippen LogP contribution is 2.18. The zero-order valence-electron chi connectivity index (χ0n) is 8.82. The molecule has 1 N–H and O–H groups in total. The van der Waals surface area contributed by atoms with Crippen LogP contribution in [-0.2, 0) is 0 Å². The fourth-order valence-electron chi connectivity index (χ4n) is 1.87. The summed E-state index contributed by atoms with van der Waals surface area (Å²) in [5.74, 6) is 1.18. The van der Waals surface area contributed by atoms with Crippen LogP contribution in [0.4, 0.5) is 0 Å². The summed E-state index contributed by atoms with van der Waals surface area (Å²) in [5.41, 5.74) is 0.782. The normalized spacial score (nSPS) is 20.2. The standard InChI is InChI=1S/C12H15NO2/c1-15-11-4-2-9(3-5-11)12(14)10-6-7-13-8-10/h2-5,10,13H,6-8H2,1H3. The summed E-state index contributed by atoms with van der Waals surface area (Å²) >= 11 is 0. The first kappa shape index (κ1) is 10.2. The molecule has 3 nitrogen and oxygen atoms in total. The van der Waals surface area contributed by atoms with E-state index in [-0.39, 0.29) is 11.7 Å². The monoisotopic (exact) mass is 205 g/mol. The number of Topliss-reactive ketones (excluding diaryl/α,β-unsaturated/α-hetero) is 1. The maximum atomic E-state index is 12.0. The lowest BCUT2D eigenvalue weighted by Gasteiger charge is -2.07. The van der Waals surface area contributed by atoms with Crippen molar-refractivity contribution in [1.29, 1.82) is 0 Å². The van der Waals surface area contributed by atoms with Gasteiger partial charge < -0.3 is 10.1 Å². The van der Waals surface area contributed by atoms with E-state index >= 15 is 0 Å². The van der Waals surface area contributed by atoms with Gasteiger partial charge in [-0.3, -0.25) is 4.79 Å². The predicted molar refractivity (Wildman–Crippen MR) is 58.3 cm³/mol. The van der Waals surface area contributed by atoms with E-state index in [2.05, 4.69) is 5.32 Å². The number of ketones is 1. The molecule has 1 fully saturated rings. The molecular formula is C12H15NO2. The van der Waals surface area contributed by atoms with Crippen LogP contribution >= 0.6 is 0 Å². The molecule has 0 aliphatic carbocycles. The average Bonchev–Trinajstić information content (AvgIpc) is 2.82. The van der Waals surface area contributed by atoms with Gasteiger partial charge in [-0.2, -0.15) is 0 Å². The number of hydrogen-bond donors (Lipinski definition) is 1. The van der Waals surface area contributed by atoms with Crippen molar-refractivity contribution < 1.29 is 9.53 Å². The number of nitrogens with one attached hydrogen (secondary N) is 1. The highest BCUT2D eigenvalue weighted by Gasteiger charge is 2.23. The van der Waals surface area contributed by atoms with E-state index in [1.54, 1.807) is 7.11 Å². The second-order valence-electron chi connectivity index (χ2n) is 3.78. The van der Waals surface area contributed by atoms with E-state index in [4.69, 9.17) is 4.74 Å². The lowest BCUT2D eigenvalue weighted by Crippen LogP contribution is -2.17. The molecule has 0 spiro atoms. The lowest BCUT2D eigenvalue weighted by atomic mass is 9.97. The second-order valence-corrected chi connectivity index (χ2v) is 3.78. The van der Waals surface area contributed by atoms with Crippen molar-refractivity contribution in [2.75, 3.05) is 20.2 Å². The van der Waals surface area contributed by atoms with Crippen LogP contribution in [-0.4, -0.2) is 26.0 Å². The summed E-state index contributed by atoms with van der Waals surface area (Å²) in [7, 11) is 1.62. The van der Waals surface area contributed by atoms with Gasteiger partial charge in [-0.15, -0.1) is 0 Å². The number of carbonyl (C=O) groups excluding carboxylic acids is 1. The smallest absolute Gasteiger partial charge is 0.167 e. The van der Waals surface area contributed by atoms with Gasteiger partial charge >= 0.3 is 0 Å². The predicted octanol–water partition coefficient (Wildman–Crippen LogP) is 1.49. The first-order chi connectivity index (χ1) is 7.31. The van der Waals surface area contributed by atoms with Gasteiger partial charge in [0.15, 0.2) is 5.78 Å². The molecule has 1 saturated heterocycles. The summed E-state index contributed by atoms with van der Waals surface area (Å²) in [5, 5.41) is 3.20. The van der Waals surface area contributed by atoms with Crippen molar-refractivity contribution in [3.05, 3.63) is 29.8 Å². The van der Waals surface area contributed by atoms with Gasteiger partial charge in [-0.05, 0) is 37.2 Å². The van der Waals surface area contributed by atoms with Crippen molar-refractivity contribution in [3.63, 3.8) is 0 Å². The Hall–Kier alpha value is -1.35. The Bertz CT molecular complexity index is 339. The Labute approximate surface area is 89.4 Å². The quantitative estimate of drug-likeness (QED) is 0.760. The molecule has 15 heavy (non-hydrogen) atoms. The topological polar surface area (TPSA) is 38.3 Å². The van der Waals surface area contributed by atoms with Crippen molar-refractivity contribution in [3.8, 4) is 5.75 Å². The number of methoxy groups -OCH3 is 1. The molecule has 0 bridgehead atoms. The third-order valence-electron chi connectivity index (χ3n) is 2.81. The van der Waals surface area contributed by atoms with E-state index in [0.29, 0.717) is 0 Å². The molecule has 0 aromatic heterocycles. The summed E-state index contributed by atoms with van der Waals surface area (Å²) in [6.07, 6.45) is 0.949.